The molecule has 0 radical (unpaired) electrons. The van der Waals surface area contributed by atoms with Crippen molar-refractivity contribution in [1.82, 2.24) is 5.32 Å². The first-order valence-electron chi connectivity index (χ1n) is 16.0. The molecule has 0 unspecified atom stereocenters. The summed E-state index contributed by atoms with van der Waals surface area (Å²) < 4.78 is 75.0. The largest absolute Gasteiger partial charge is 0.382 e. The van der Waals surface area contributed by atoms with Crippen molar-refractivity contribution in [1.29, 1.82) is 0 Å². The van der Waals surface area contributed by atoms with Crippen LogP contribution in [0.2, 0.25) is 0 Å². The summed E-state index contributed by atoms with van der Waals surface area (Å²) in [6.07, 6.45) is 0. The summed E-state index contributed by atoms with van der Waals surface area (Å²) >= 11 is 0. The van der Waals surface area contributed by atoms with E-state index in [1.54, 1.807) is 14.2 Å². The van der Waals surface area contributed by atoms with Crippen molar-refractivity contribution in [3.05, 3.63) is 0 Å². The molecule has 0 atom stereocenters. The number of methoxy groups -OCH3 is 2. The molecule has 45 heavy (non-hydrogen) atoms. The van der Waals surface area contributed by atoms with Gasteiger partial charge in [-0.1, -0.05) is 0 Å². The molecule has 272 valence electrons. The lowest BCUT2D eigenvalue weighted by Gasteiger charge is -2.09. The van der Waals surface area contributed by atoms with Gasteiger partial charge in [-0.15, -0.1) is 0 Å². The maximum atomic E-state index is 5.54. The summed E-state index contributed by atoms with van der Waals surface area (Å²) in [4.78, 5) is 0. The van der Waals surface area contributed by atoms with Crippen LogP contribution in [-0.2, 0) is 66.3 Å². The van der Waals surface area contributed by atoms with Crippen LogP contribution in [-0.4, -0.2) is 199 Å². The van der Waals surface area contributed by atoms with Gasteiger partial charge < -0.3 is 71.6 Å². The standard InChI is InChI=1S/C30H63NO14/c1-32-7-9-36-15-17-40-23-25-44-29-27-42-21-19-38-13-11-34-5-3-31-4-6-35-12-14-39-20-22-43-28-30-45-26-24-41-18-16-37-10-8-33-2/h31H,3-30H2,1-2H3. The van der Waals surface area contributed by atoms with Gasteiger partial charge in [0.2, 0.25) is 0 Å². The number of ether oxygens (including phenoxy) is 14. The molecule has 0 aromatic heterocycles. The Balaban J connectivity index is 3.03. The van der Waals surface area contributed by atoms with Gasteiger partial charge in [-0.25, -0.2) is 0 Å². The van der Waals surface area contributed by atoms with E-state index in [2.05, 4.69) is 5.32 Å². The molecule has 1 N–H and O–H groups in total. The van der Waals surface area contributed by atoms with E-state index in [4.69, 9.17) is 66.3 Å². The molecular weight excluding hydrogens is 598 g/mol. The minimum Gasteiger partial charge on any atom is -0.382 e. The Bertz CT molecular complexity index is 471. The van der Waals surface area contributed by atoms with Gasteiger partial charge in [-0.05, 0) is 0 Å². The zero-order chi connectivity index (χ0) is 32.4. The van der Waals surface area contributed by atoms with Gasteiger partial charge in [0.25, 0.3) is 0 Å². The molecule has 15 heteroatoms. The fourth-order valence-corrected chi connectivity index (χ4v) is 3.10. The third-order valence-electron chi connectivity index (χ3n) is 5.43. The number of hydrogen-bond acceptors (Lipinski definition) is 15. The summed E-state index contributed by atoms with van der Waals surface area (Å²) in [5.74, 6) is 0. The van der Waals surface area contributed by atoms with Gasteiger partial charge in [-0.2, -0.15) is 0 Å². The molecule has 0 spiro atoms. The Morgan fingerprint density at radius 2 is 0.378 bits per heavy atom. The van der Waals surface area contributed by atoms with Gasteiger partial charge in [0, 0.05) is 27.3 Å². The van der Waals surface area contributed by atoms with E-state index in [0.29, 0.717) is 172 Å². The zero-order valence-corrected chi connectivity index (χ0v) is 28.0. The van der Waals surface area contributed by atoms with E-state index in [0.717, 1.165) is 13.1 Å². The monoisotopic (exact) mass is 661 g/mol. The van der Waals surface area contributed by atoms with Crippen LogP contribution in [0.5, 0.6) is 0 Å². The van der Waals surface area contributed by atoms with Crippen LogP contribution >= 0.6 is 0 Å². The average Bonchev–Trinajstić information content (AvgIpc) is 3.05. The lowest BCUT2D eigenvalue weighted by atomic mass is 10.6. The smallest absolute Gasteiger partial charge is 0.0701 e. The molecule has 0 aromatic carbocycles. The maximum Gasteiger partial charge on any atom is 0.0701 e. The van der Waals surface area contributed by atoms with E-state index in [-0.39, 0.29) is 0 Å². The molecule has 0 heterocycles. The first kappa shape index (κ1) is 44.4. The van der Waals surface area contributed by atoms with Crippen molar-refractivity contribution in [3.63, 3.8) is 0 Å². The molecule has 0 aliphatic heterocycles. The summed E-state index contributed by atoms with van der Waals surface area (Å²) in [5, 5.41) is 3.27. The molecule has 0 aliphatic rings. The van der Waals surface area contributed by atoms with Gasteiger partial charge >= 0.3 is 0 Å². The number of rotatable bonds is 42. The predicted molar refractivity (Wildman–Crippen MR) is 166 cm³/mol. The summed E-state index contributed by atoms with van der Waals surface area (Å²) in [6.45, 7) is 15.9. The molecule has 0 fully saturated rings. The quantitative estimate of drug-likeness (QED) is 0.0882. The second-order valence-electron chi connectivity index (χ2n) is 9.08. The highest BCUT2D eigenvalue weighted by Gasteiger charge is 1.96. The van der Waals surface area contributed by atoms with Gasteiger partial charge in [0.15, 0.2) is 0 Å². The van der Waals surface area contributed by atoms with Crippen LogP contribution in [0.3, 0.4) is 0 Å². The highest BCUT2D eigenvalue weighted by molar-refractivity contribution is 4.46. The fourth-order valence-electron chi connectivity index (χ4n) is 3.10. The lowest BCUT2D eigenvalue weighted by molar-refractivity contribution is -0.0194. The highest BCUT2D eigenvalue weighted by atomic mass is 16.6. The van der Waals surface area contributed by atoms with Gasteiger partial charge in [-0.3, -0.25) is 0 Å². The first-order chi connectivity index (χ1) is 22.4. The lowest BCUT2D eigenvalue weighted by Crippen LogP contribution is -2.25. The summed E-state index contributed by atoms with van der Waals surface area (Å²) in [7, 11) is 3.29. The Labute approximate surface area is 270 Å². The third-order valence-corrected chi connectivity index (χ3v) is 5.43. The molecule has 0 amide bonds. The zero-order valence-electron chi connectivity index (χ0n) is 28.0. The Morgan fingerprint density at radius 1 is 0.222 bits per heavy atom. The Morgan fingerprint density at radius 3 is 0.556 bits per heavy atom. The molecular formula is C30H63NO14. The van der Waals surface area contributed by atoms with Crippen molar-refractivity contribution in [2.75, 3.05) is 199 Å². The molecule has 15 nitrogen and oxygen atoms in total. The predicted octanol–water partition coefficient (Wildman–Crippen LogP) is 0.0680. The minimum atomic E-state index is 0.527. The second kappa shape index (κ2) is 43.4. The van der Waals surface area contributed by atoms with Crippen molar-refractivity contribution < 1.29 is 66.3 Å². The summed E-state index contributed by atoms with van der Waals surface area (Å²) in [5.41, 5.74) is 0. The number of nitrogens with one attached hydrogen (secondary N) is 1. The summed E-state index contributed by atoms with van der Waals surface area (Å²) in [6, 6.07) is 0. The Kier molecular flexibility index (Phi) is 42.8. The van der Waals surface area contributed by atoms with Crippen molar-refractivity contribution in [2.45, 2.75) is 0 Å². The molecule has 0 rings (SSSR count). The maximum absolute atomic E-state index is 5.54. The topological polar surface area (TPSA) is 141 Å². The van der Waals surface area contributed by atoms with E-state index in [9.17, 15) is 0 Å². The second-order valence-corrected chi connectivity index (χ2v) is 9.08. The third kappa shape index (κ3) is 43.4. The Hall–Kier alpha value is -0.600. The van der Waals surface area contributed by atoms with Gasteiger partial charge in [0.05, 0.1) is 172 Å². The fraction of sp³-hybridized carbons (Fsp3) is 1.00. The van der Waals surface area contributed by atoms with Crippen LogP contribution in [0.4, 0.5) is 0 Å². The van der Waals surface area contributed by atoms with Crippen LogP contribution in [0.15, 0.2) is 0 Å². The van der Waals surface area contributed by atoms with Crippen LogP contribution < -0.4 is 5.32 Å². The van der Waals surface area contributed by atoms with Crippen molar-refractivity contribution >= 4 is 0 Å². The van der Waals surface area contributed by atoms with Crippen molar-refractivity contribution in [2.24, 2.45) is 0 Å². The first-order valence-corrected chi connectivity index (χ1v) is 16.0. The molecule has 0 bridgehead atoms. The molecule has 0 aromatic rings. The highest BCUT2D eigenvalue weighted by Crippen LogP contribution is 1.87. The van der Waals surface area contributed by atoms with Crippen molar-refractivity contribution in [3.8, 4) is 0 Å². The average molecular weight is 662 g/mol. The van der Waals surface area contributed by atoms with Crippen LogP contribution in [0.1, 0.15) is 0 Å². The molecule has 0 saturated heterocycles. The van der Waals surface area contributed by atoms with E-state index >= 15 is 0 Å². The number of hydrogen-bond donors (Lipinski definition) is 1. The van der Waals surface area contributed by atoms with E-state index < -0.39 is 0 Å². The minimum absolute atomic E-state index is 0.527. The molecule has 0 aliphatic carbocycles. The SMILES string of the molecule is COCCOCCOCCOCCOCCOCCOCCNCCOCCOCCOCCOCCOCCOCCOC. The molecule has 0 saturated carbocycles. The van der Waals surface area contributed by atoms with Crippen LogP contribution in [0.25, 0.3) is 0 Å². The van der Waals surface area contributed by atoms with Gasteiger partial charge in [0.1, 0.15) is 0 Å². The normalized spacial score (nSPS) is 11.6. The van der Waals surface area contributed by atoms with E-state index in [1.807, 2.05) is 0 Å². The van der Waals surface area contributed by atoms with E-state index in [1.165, 1.54) is 0 Å². The van der Waals surface area contributed by atoms with Crippen LogP contribution in [0, 0.1) is 0 Å².